The van der Waals surface area contributed by atoms with Crippen LogP contribution in [-0.2, 0) is 6.42 Å². The van der Waals surface area contributed by atoms with Crippen LogP contribution in [0, 0.1) is 0 Å². The molecule has 0 spiro atoms. The van der Waals surface area contributed by atoms with Crippen molar-refractivity contribution >= 4 is 0 Å². The molecule has 1 aromatic heterocycles. The highest BCUT2D eigenvalue weighted by Crippen LogP contribution is 2.17. The lowest BCUT2D eigenvalue weighted by Crippen LogP contribution is -2.08. The first-order chi connectivity index (χ1) is 7.79. The van der Waals surface area contributed by atoms with E-state index < -0.39 is 0 Å². The Kier molecular flexibility index (Phi) is 3.00. The highest BCUT2D eigenvalue weighted by molar-refractivity contribution is 5.30. The van der Waals surface area contributed by atoms with E-state index in [0.29, 0.717) is 5.75 Å². The van der Waals surface area contributed by atoms with Gasteiger partial charge < -0.3 is 9.72 Å². The van der Waals surface area contributed by atoms with Crippen molar-refractivity contribution in [3.63, 3.8) is 0 Å². The second-order valence-electron chi connectivity index (χ2n) is 3.34. The Labute approximate surface area is 92.9 Å². The van der Waals surface area contributed by atoms with Crippen LogP contribution in [0.5, 0.6) is 11.5 Å². The van der Waals surface area contributed by atoms with Crippen molar-refractivity contribution in [2.45, 2.75) is 13.3 Å². The highest BCUT2D eigenvalue weighted by Gasteiger charge is 2.01. The molecule has 0 aliphatic carbocycles. The lowest BCUT2D eigenvalue weighted by Gasteiger charge is -2.04. The van der Waals surface area contributed by atoms with Crippen molar-refractivity contribution in [2.75, 3.05) is 0 Å². The number of H-pyrrole nitrogens is 1. The van der Waals surface area contributed by atoms with Crippen molar-refractivity contribution in [3.05, 3.63) is 52.7 Å². The molecule has 0 saturated heterocycles. The van der Waals surface area contributed by atoms with Crippen molar-refractivity contribution in [3.8, 4) is 11.5 Å². The molecule has 0 amide bonds. The Morgan fingerprint density at radius 1 is 1.31 bits per heavy atom. The largest absolute Gasteiger partial charge is 0.450 e. The average molecular weight is 216 g/mol. The number of aromatic amines is 1. The lowest BCUT2D eigenvalue weighted by atomic mass is 10.2. The van der Waals surface area contributed by atoms with Gasteiger partial charge in [0.05, 0.1) is 12.5 Å². The number of hydrogen-bond donors (Lipinski definition) is 1. The Morgan fingerprint density at radius 2 is 2.06 bits per heavy atom. The van der Waals surface area contributed by atoms with E-state index in [9.17, 15) is 4.79 Å². The second kappa shape index (κ2) is 4.61. The van der Waals surface area contributed by atoms with Crippen LogP contribution in [0.3, 0.4) is 0 Å². The minimum atomic E-state index is -0.283. The number of nitrogens with zero attached hydrogens (tertiary/aromatic N) is 1. The lowest BCUT2D eigenvalue weighted by molar-refractivity contribution is 0.471. The third-order valence-corrected chi connectivity index (χ3v) is 2.25. The first-order valence-corrected chi connectivity index (χ1v) is 5.09. The van der Waals surface area contributed by atoms with Gasteiger partial charge in [0.15, 0.2) is 0 Å². The fraction of sp³-hybridized carbons (Fsp3) is 0.167. The molecule has 2 rings (SSSR count). The summed E-state index contributed by atoms with van der Waals surface area (Å²) in [6.45, 7) is 2.09. The number of hydrogen-bond acceptors (Lipinski definition) is 3. The van der Waals surface area contributed by atoms with E-state index in [-0.39, 0.29) is 11.3 Å². The molecule has 0 fully saturated rings. The SMILES string of the molecule is CCc1ccc(Oc2cnc[nH]c2=O)cc1. The van der Waals surface area contributed by atoms with Gasteiger partial charge >= 0.3 is 0 Å². The molecule has 0 radical (unpaired) electrons. The van der Waals surface area contributed by atoms with Gasteiger partial charge in [-0.1, -0.05) is 19.1 Å². The summed E-state index contributed by atoms with van der Waals surface area (Å²) in [6.07, 6.45) is 3.70. The molecule has 0 aliphatic heterocycles. The number of benzene rings is 1. The quantitative estimate of drug-likeness (QED) is 0.855. The number of ether oxygens (including phenoxy) is 1. The predicted octanol–water partition coefficient (Wildman–Crippen LogP) is 2.12. The molecule has 2 aromatic rings. The molecular formula is C12H12N2O2. The van der Waals surface area contributed by atoms with Crippen LogP contribution in [0.1, 0.15) is 12.5 Å². The van der Waals surface area contributed by atoms with Gasteiger partial charge in [0, 0.05) is 0 Å². The normalized spacial score (nSPS) is 10.1. The molecule has 0 saturated carbocycles. The van der Waals surface area contributed by atoms with Gasteiger partial charge in [-0.05, 0) is 24.1 Å². The molecule has 1 aromatic carbocycles. The molecular weight excluding hydrogens is 204 g/mol. The first-order valence-electron chi connectivity index (χ1n) is 5.09. The van der Waals surface area contributed by atoms with Gasteiger partial charge in [-0.3, -0.25) is 4.79 Å². The van der Waals surface area contributed by atoms with Crippen LogP contribution in [-0.4, -0.2) is 9.97 Å². The number of rotatable bonds is 3. The van der Waals surface area contributed by atoms with Crippen molar-refractivity contribution < 1.29 is 4.74 Å². The first kappa shape index (κ1) is 10.4. The molecule has 0 aliphatic rings. The molecule has 16 heavy (non-hydrogen) atoms. The third kappa shape index (κ3) is 2.28. The van der Waals surface area contributed by atoms with E-state index in [1.807, 2.05) is 24.3 Å². The van der Waals surface area contributed by atoms with Gasteiger partial charge in [0.25, 0.3) is 5.56 Å². The summed E-state index contributed by atoms with van der Waals surface area (Å²) in [5, 5.41) is 0. The molecule has 82 valence electrons. The number of nitrogens with one attached hydrogen (secondary N) is 1. The maximum atomic E-state index is 11.3. The molecule has 0 bridgehead atoms. The van der Waals surface area contributed by atoms with E-state index in [1.54, 1.807) is 0 Å². The summed E-state index contributed by atoms with van der Waals surface area (Å²) in [5.41, 5.74) is 0.946. The molecule has 4 heteroatoms. The summed E-state index contributed by atoms with van der Waals surface area (Å²) >= 11 is 0. The summed E-state index contributed by atoms with van der Waals surface area (Å²) < 4.78 is 5.40. The summed E-state index contributed by atoms with van der Waals surface area (Å²) in [5.74, 6) is 0.836. The van der Waals surface area contributed by atoms with Crippen LogP contribution < -0.4 is 10.3 Å². The molecule has 4 nitrogen and oxygen atoms in total. The van der Waals surface area contributed by atoms with Crippen LogP contribution in [0.4, 0.5) is 0 Å². The smallest absolute Gasteiger partial charge is 0.293 e. The van der Waals surface area contributed by atoms with Crippen LogP contribution in [0.25, 0.3) is 0 Å². The highest BCUT2D eigenvalue weighted by atomic mass is 16.5. The maximum Gasteiger partial charge on any atom is 0.293 e. The third-order valence-electron chi connectivity index (χ3n) is 2.25. The molecule has 1 heterocycles. The fourth-order valence-corrected chi connectivity index (χ4v) is 1.32. The predicted molar refractivity (Wildman–Crippen MR) is 60.8 cm³/mol. The zero-order valence-electron chi connectivity index (χ0n) is 8.93. The van der Waals surface area contributed by atoms with Gasteiger partial charge in [-0.2, -0.15) is 0 Å². The summed E-state index contributed by atoms with van der Waals surface area (Å²) in [4.78, 5) is 17.6. The Bertz CT molecular complexity index is 517. The van der Waals surface area contributed by atoms with E-state index in [0.717, 1.165) is 6.42 Å². The summed E-state index contributed by atoms with van der Waals surface area (Å²) in [7, 11) is 0. The van der Waals surface area contributed by atoms with Crippen LogP contribution in [0.15, 0.2) is 41.6 Å². The maximum absolute atomic E-state index is 11.3. The van der Waals surface area contributed by atoms with E-state index in [4.69, 9.17) is 4.74 Å². The van der Waals surface area contributed by atoms with Gasteiger partial charge in [-0.25, -0.2) is 4.98 Å². The van der Waals surface area contributed by atoms with Gasteiger partial charge in [-0.15, -0.1) is 0 Å². The monoisotopic (exact) mass is 216 g/mol. The van der Waals surface area contributed by atoms with Crippen LogP contribution >= 0.6 is 0 Å². The average Bonchev–Trinajstić information content (AvgIpc) is 2.33. The van der Waals surface area contributed by atoms with Crippen molar-refractivity contribution in [1.82, 2.24) is 9.97 Å². The Hall–Kier alpha value is -2.10. The minimum absolute atomic E-state index is 0.201. The Morgan fingerprint density at radius 3 is 2.69 bits per heavy atom. The number of aromatic nitrogens is 2. The molecule has 0 unspecified atom stereocenters. The molecule has 0 atom stereocenters. The Balaban J connectivity index is 2.21. The van der Waals surface area contributed by atoms with Crippen LogP contribution in [0.2, 0.25) is 0 Å². The second-order valence-corrected chi connectivity index (χ2v) is 3.34. The minimum Gasteiger partial charge on any atom is -0.450 e. The zero-order chi connectivity index (χ0) is 11.4. The van der Waals surface area contributed by atoms with E-state index >= 15 is 0 Å². The van der Waals surface area contributed by atoms with Gasteiger partial charge in [0.2, 0.25) is 5.75 Å². The number of aryl methyl sites for hydroxylation is 1. The van der Waals surface area contributed by atoms with Crippen molar-refractivity contribution in [1.29, 1.82) is 0 Å². The zero-order valence-corrected chi connectivity index (χ0v) is 8.93. The standard InChI is InChI=1S/C12H12N2O2/c1-2-9-3-5-10(6-4-9)16-11-7-13-8-14-12(11)15/h3-8H,2H2,1H3,(H,13,14,15). The fourth-order valence-electron chi connectivity index (χ4n) is 1.32. The van der Waals surface area contributed by atoms with E-state index in [2.05, 4.69) is 16.9 Å². The van der Waals surface area contributed by atoms with E-state index in [1.165, 1.54) is 18.1 Å². The van der Waals surface area contributed by atoms with Crippen molar-refractivity contribution in [2.24, 2.45) is 0 Å². The molecule has 1 N–H and O–H groups in total. The topological polar surface area (TPSA) is 55.0 Å². The van der Waals surface area contributed by atoms with Gasteiger partial charge in [0.1, 0.15) is 5.75 Å². The summed E-state index contributed by atoms with van der Waals surface area (Å²) in [6, 6.07) is 7.62.